The molecule has 1 fully saturated rings. The summed E-state index contributed by atoms with van der Waals surface area (Å²) in [5.74, 6) is -0.997. The Balaban J connectivity index is 1.79. The van der Waals surface area contributed by atoms with Crippen LogP contribution in [-0.4, -0.2) is 38.2 Å². The lowest BCUT2D eigenvalue weighted by atomic mass is 10.0. The molecule has 8 heteroatoms. The molecule has 2 aromatic carbocycles. The normalized spacial score (nSPS) is 16.6. The minimum absolute atomic E-state index is 0.247. The number of benzene rings is 2. The molecule has 1 atom stereocenters. The van der Waals surface area contributed by atoms with Crippen LogP contribution in [0.15, 0.2) is 41.4 Å². The number of nitrogens with two attached hydrogens (primary N) is 1. The van der Waals surface area contributed by atoms with Crippen LogP contribution in [0, 0.1) is 11.6 Å². The van der Waals surface area contributed by atoms with Crippen molar-refractivity contribution in [1.82, 2.24) is 0 Å². The fraction of sp³-hybridized carbons (Fsp3) is 0.300. The van der Waals surface area contributed by atoms with Gasteiger partial charge in [0, 0.05) is 12.1 Å². The highest BCUT2D eigenvalue weighted by Gasteiger charge is 2.32. The first kappa shape index (κ1) is 19.6. The number of nitrogens with one attached hydrogen (secondary N) is 1. The molecule has 0 aromatic heterocycles. The molecule has 3 rings (SSSR count). The monoisotopic (exact) mass is 388 g/mol. The smallest absolute Gasteiger partial charge is 0.414 e. The summed E-state index contributed by atoms with van der Waals surface area (Å²) in [6.07, 6.45) is 1.01. The number of anilines is 2. The van der Waals surface area contributed by atoms with Crippen LogP contribution in [0.1, 0.15) is 13.3 Å². The molecule has 6 nitrogen and oxygen atoms in total. The molecule has 1 saturated heterocycles. The Kier molecular flexibility index (Phi) is 6.08. The van der Waals surface area contributed by atoms with Gasteiger partial charge in [-0.1, -0.05) is 13.0 Å². The Labute approximate surface area is 162 Å². The van der Waals surface area contributed by atoms with E-state index in [1.165, 1.54) is 23.1 Å². The maximum Gasteiger partial charge on any atom is 0.414 e. The van der Waals surface area contributed by atoms with Crippen molar-refractivity contribution in [3.63, 3.8) is 0 Å². The fourth-order valence-corrected chi connectivity index (χ4v) is 3.00. The Morgan fingerprint density at radius 3 is 2.79 bits per heavy atom. The largest absolute Gasteiger partial charge is 0.442 e. The molecule has 0 bridgehead atoms. The van der Waals surface area contributed by atoms with E-state index in [2.05, 4.69) is 10.3 Å². The van der Waals surface area contributed by atoms with Crippen LogP contribution in [0.3, 0.4) is 0 Å². The molecule has 1 aliphatic heterocycles. The van der Waals surface area contributed by atoms with Crippen LogP contribution in [-0.2, 0) is 4.74 Å². The van der Waals surface area contributed by atoms with Gasteiger partial charge in [-0.25, -0.2) is 13.6 Å². The van der Waals surface area contributed by atoms with E-state index < -0.39 is 23.8 Å². The fourth-order valence-electron chi connectivity index (χ4n) is 3.00. The molecular formula is C20H22F2N4O2. The van der Waals surface area contributed by atoms with Gasteiger partial charge in [0.1, 0.15) is 17.7 Å². The van der Waals surface area contributed by atoms with Crippen LogP contribution in [0.2, 0.25) is 0 Å². The lowest BCUT2D eigenvalue weighted by Gasteiger charge is -2.15. The molecule has 0 saturated carbocycles. The van der Waals surface area contributed by atoms with Gasteiger partial charge in [0.15, 0.2) is 0 Å². The van der Waals surface area contributed by atoms with E-state index in [4.69, 9.17) is 10.5 Å². The van der Waals surface area contributed by atoms with Crippen molar-refractivity contribution in [3.05, 3.63) is 48.0 Å². The van der Waals surface area contributed by atoms with Crippen molar-refractivity contribution >= 4 is 23.8 Å². The summed E-state index contributed by atoms with van der Waals surface area (Å²) in [4.78, 5) is 17.2. The standard InChI is InChI=1S/C20H22F2N4O2/c1-2-7-25-19-6-3-13(8-18(19)22)16-5-4-14(9-17(16)21)26-11-15(10-24-12-23)28-20(26)27/h3-6,8-9,12,15,25H,2,7,10-11H2,1H3,(H2,23,24)/t15-/m0/s1. The third-order valence-corrected chi connectivity index (χ3v) is 4.40. The van der Waals surface area contributed by atoms with Crippen LogP contribution >= 0.6 is 0 Å². The summed E-state index contributed by atoms with van der Waals surface area (Å²) in [5.41, 5.74) is 6.62. The van der Waals surface area contributed by atoms with Gasteiger partial charge in [0.2, 0.25) is 0 Å². The van der Waals surface area contributed by atoms with Gasteiger partial charge in [-0.3, -0.25) is 9.89 Å². The summed E-state index contributed by atoms with van der Waals surface area (Å²) >= 11 is 0. The van der Waals surface area contributed by atoms with E-state index in [1.807, 2.05) is 6.92 Å². The number of ether oxygens (including phenoxy) is 1. The molecule has 1 heterocycles. The van der Waals surface area contributed by atoms with E-state index in [0.29, 0.717) is 23.5 Å². The van der Waals surface area contributed by atoms with Crippen LogP contribution in [0.25, 0.3) is 11.1 Å². The summed E-state index contributed by atoms with van der Waals surface area (Å²) in [6.45, 7) is 3.14. The minimum Gasteiger partial charge on any atom is -0.442 e. The summed E-state index contributed by atoms with van der Waals surface area (Å²) in [7, 11) is 0. The molecule has 0 unspecified atom stereocenters. The molecule has 28 heavy (non-hydrogen) atoms. The Hall–Kier alpha value is -3.16. The Morgan fingerprint density at radius 2 is 2.11 bits per heavy atom. The maximum atomic E-state index is 14.7. The predicted molar refractivity (Wildman–Crippen MR) is 106 cm³/mol. The quantitative estimate of drug-likeness (QED) is 0.559. The van der Waals surface area contributed by atoms with Gasteiger partial charge in [0.05, 0.1) is 30.8 Å². The van der Waals surface area contributed by atoms with Crippen molar-refractivity contribution in [2.45, 2.75) is 19.4 Å². The first-order valence-electron chi connectivity index (χ1n) is 9.05. The van der Waals surface area contributed by atoms with Gasteiger partial charge < -0.3 is 15.8 Å². The number of cyclic esters (lactones) is 1. The first-order chi connectivity index (χ1) is 13.5. The topological polar surface area (TPSA) is 79.9 Å². The van der Waals surface area contributed by atoms with Crippen molar-refractivity contribution < 1.29 is 18.3 Å². The van der Waals surface area contributed by atoms with Gasteiger partial charge in [-0.05, 0) is 42.3 Å². The van der Waals surface area contributed by atoms with E-state index in [0.717, 1.165) is 12.8 Å². The number of hydrogen-bond donors (Lipinski definition) is 2. The number of nitrogens with zero attached hydrogens (tertiary/aromatic N) is 2. The SMILES string of the molecule is CCCNc1ccc(-c2ccc(N3C[C@H](CN=CN)OC3=O)cc2F)cc1F. The van der Waals surface area contributed by atoms with Gasteiger partial charge in [-0.15, -0.1) is 0 Å². The van der Waals surface area contributed by atoms with Crippen LogP contribution in [0.5, 0.6) is 0 Å². The molecule has 1 aliphatic rings. The second kappa shape index (κ2) is 8.69. The van der Waals surface area contributed by atoms with Crippen molar-refractivity contribution in [2.24, 2.45) is 10.7 Å². The molecule has 0 radical (unpaired) electrons. The molecule has 0 spiro atoms. The minimum atomic E-state index is -0.568. The number of carbonyl (C=O) groups excluding carboxylic acids is 1. The zero-order valence-corrected chi connectivity index (χ0v) is 15.5. The van der Waals surface area contributed by atoms with Gasteiger partial charge in [-0.2, -0.15) is 0 Å². The number of hydrogen-bond acceptors (Lipinski definition) is 4. The Bertz CT molecular complexity index is 889. The summed E-state index contributed by atoms with van der Waals surface area (Å²) in [6, 6.07) is 8.91. The van der Waals surface area contributed by atoms with E-state index in [-0.39, 0.29) is 18.7 Å². The molecule has 1 amide bonds. The highest BCUT2D eigenvalue weighted by Crippen LogP contribution is 2.30. The van der Waals surface area contributed by atoms with Crippen molar-refractivity contribution in [3.8, 4) is 11.1 Å². The van der Waals surface area contributed by atoms with Crippen LogP contribution < -0.4 is 16.0 Å². The van der Waals surface area contributed by atoms with Gasteiger partial charge in [0.25, 0.3) is 0 Å². The third-order valence-electron chi connectivity index (χ3n) is 4.40. The maximum absolute atomic E-state index is 14.7. The number of halogens is 2. The lowest BCUT2D eigenvalue weighted by molar-refractivity contribution is 0.145. The molecule has 148 valence electrons. The van der Waals surface area contributed by atoms with Gasteiger partial charge >= 0.3 is 6.09 Å². The predicted octanol–water partition coefficient (Wildman–Crippen LogP) is 3.77. The van der Waals surface area contributed by atoms with Crippen molar-refractivity contribution in [1.29, 1.82) is 0 Å². The highest BCUT2D eigenvalue weighted by atomic mass is 19.1. The van der Waals surface area contributed by atoms with Crippen molar-refractivity contribution in [2.75, 3.05) is 29.9 Å². The first-order valence-corrected chi connectivity index (χ1v) is 9.05. The number of carbonyl (C=O) groups is 1. The van der Waals surface area contributed by atoms with E-state index in [9.17, 15) is 13.6 Å². The number of aliphatic imine (C=N–C) groups is 1. The average molecular weight is 388 g/mol. The van der Waals surface area contributed by atoms with E-state index >= 15 is 0 Å². The number of amides is 1. The molecule has 3 N–H and O–H groups in total. The van der Waals surface area contributed by atoms with Crippen LogP contribution in [0.4, 0.5) is 25.0 Å². The highest BCUT2D eigenvalue weighted by molar-refractivity contribution is 5.90. The lowest BCUT2D eigenvalue weighted by Crippen LogP contribution is -2.25. The van der Waals surface area contributed by atoms with E-state index in [1.54, 1.807) is 18.2 Å². The zero-order chi connectivity index (χ0) is 20.1. The zero-order valence-electron chi connectivity index (χ0n) is 15.5. The number of rotatable bonds is 7. The Morgan fingerprint density at radius 1 is 1.29 bits per heavy atom. The summed E-state index contributed by atoms with van der Waals surface area (Å²) in [5, 5.41) is 2.98. The average Bonchev–Trinajstić information content (AvgIpc) is 3.06. The second-order valence-electron chi connectivity index (χ2n) is 6.42. The molecule has 0 aliphatic carbocycles. The summed E-state index contributed by atoms with van der Waals surface area (Å²) < 4.78 is 34.1. The molecular weight excluding hydrogens is 366 g/mol. The third kappa shape index (κ3) is 4.21. The second-order valence-corrected chi connectivity index (χ2v) is 6.42. The molecule has 2 aromatic rings.